The maximum absolute atomic E-state index is 12.5. The fraction of sp³-hybridized carbons (Fsp3) is 0.263. The Kier molecular flexibility index (Phi) is 6.66. The molecule has 1 aliphatic heterocycles. The van der Waals surface area contributed by atoms with Gasteiger partial charge < -0.3 is 10.6 Å². The average Bonchev–Trinajstić information content (AvgIpc) is 2.67. The largest absolute Gasteiger partial charge is 0.354 e. The molecule has 2 aromatic rings. The topological polar surface area (TPSA) is 104 Å². The van der Waals surface area contributed by atoms with E-state index >= 15 is 0 Å². The molecule has 154 valence electrons. The average molecular weight is 456 g/mol. The third kappa shape index (κ3) is 5.62. The first kappa shape index (κ1) is 21.4. The van der Waals surface area contributed by atoms with Crippen molar-refractivity contribution < 1.29 is 18.0 Å². The zero-order valence-corrected chi connectivity index (χ0v) is 17.6. The molecule has 0 saturated carbocycles. The minimum atomic E-state index is -3.83. The molecule has 1 heterocycles. The van der Waals surface area contributed by atoms with Gasteiger partial charge in [-0.2, -0.15) is 0 Å². The summed E-state index contributed by atoms with van der Waals surface area (Å²) < 4.78 is 27.4. The highest BCUT2D eigenvalue weighted by Gasteiger charge is 2.23. The predicted octanol–water partition coefficient (Wildman–Crippen LogP) is 2.73. The summed E-state index contributed by atoms with van der Waals surface area (Å²) in [7, 11) is -3.83. The Morgan fingerprint density at radius 2 is 1.83 bits per heavy atom. The molecule has 1 aliphatic rings. The molecular weight excluding hydrogens is 437 g/mol. The maximum Gasteiger partial charge on any atom is 0.261 e. The molecule has 1 unspecified atom stereocenters. The van der Waals surface area contributed by atoms with E-state index < -0.39 is 16.1 Å². The second kappa shape index (κ2) is 9.02. The van der Waals surface area contributed by atoms with Crippen LogP contribution in [0.4, 0.5) is 5.69 Å². The van der Waals surface area contributed by atoms with Crippen molar-refractivity contribution in [2.45, 2.75) is 30.2 Å². The highest BCUT2D eigenvalue weighted by atomic mass is 35.5. The van der Waals surface area contributed by atoms with Crippen molar-refractivity contribution in [1.82, 2.24) is 10.6 Å². The van der Waals surface area contributed by atoms with E-state index in [1.807, 2.05) is 0 Å². The first-order valence-electron chi connectivity index (χ1n) is 8.88. The van der Waals surface area contributed by atoms with Crippen LogP contribution in [0.5, 0.6) is 0 Å². The molecule has 7 nitrogen and oxygen atoms in total. The van der Waals surface area contributed by atoms with Gasteiger partial charge in [-0.25, -0.2) is 8.42 Å². The third-order valence-electron chi connectivity index (χ3n) is 4.39. The van der Waals surface area contributed by atoms with Crippen molar-refractivity contribution in [3.63, 3.8) is 0 Å². The van der Waals surface area contributed by atoms with E-state index in [9.17, 15) is 18.0 Å². The highest BCUT2D eigenvalue weighted by Crippen LogP contribution is 2.26. The van der Waals surface area contributed by atoms with Crippen molar-refractivity contribution in [2.75, 3.05) is 11.3 Å². The van der Waals surface area contributed by atoms with E-state index in [1.165, 1.54) is 18.2 Å². The smallest absolute Gasteiger partial charge is 0.261 e. The van der Waals surface area contributed by atoms with Gasteiger partial charge in [-0.1, -0.05) is 35.3 Å². The summed E-state index contributed by atoms with van der Waals surface area (Å²) in [5.41, 5.74) is 1.03. The van der Waals surface area contributed by atoms with Crippen LogP contribution >= 0.6 is 23.2 Å². The van der Waals surface area contributed by atoms with Crippen LogP contribution in [0.25, 0.3) is 0 Å². The summed E-state index contributed by atoms with van der Waals surface area (Å²) in [6, 6.07) is 9.94. The summed E-state index contributed by atoms with van der Waals surface area (Å²) in [5.74, 6) is -0.437. The first-order valence-corrected chi connectivity index (χ1v) is 11.1. The van der Waals surface area contributed by atoms with Crippen molar-refractivity contribution in [1.29, 1.82) is 0 Å². The maximum atomic E-state index is 12.5. The van der Waals surface area contributed by atoms with E-state index in [-0.39, 0.29) is 33.2 Å². The number of hydrogen-bond acceptors (Lipinski definition) is 4. The van der Waals surface area contributed by atoms with Gasteiger partial charge in [-0.05, 0) is 48.7 Å². The van der Waals surface area contributed by atoms with Gasteiger partial charge in [-0.15, -0.1) is 0 Å². The minimum absolute atomic E-state index is 0.0129. The van der Waals surface area contributed by atoms with E-state index in [1.54, 1.807) is 24.3 Å². The Bertz CT molecular complexity index is 1030. The second-order valence-electron chi connectivity index (χ2n) is 6.61. The molecule has 10 heteroatoms. The quantitative estimate of drug-likeness (QED) is 0.622. The van der Waals surface area contributed by atoms with Crippen LogP contribution in [0.3, 0.4) is 0 Å². The molecule has 2 aromatic carbocycles. The monoisotopic (exact) mass is 455 g/mol. The molecule has 2 amide bonds. The zero-order chi connectivity index (χ0) is 21.0. The van der Waals surface area contributed by atoms with Gasteiger partial charge in [0.15, 0.2) is 0 Å². The summed E-state index contributed by atoms with van der Waals surface area (Å²) in [5, 5.41) is 5.84. The zero-order valence-electron chi connectivity index (χ0n) is 15.2. The minimum Gasteiger partial charge on any atom is -0.354 e. The van der Waals surface area contributed by atoms with Crippen LogP contribution < -0.4 is 15.4 Å². The Morgan fingerprint density at radius 1 is 1.10 bits per heavy atom. The molecule has 0 aliphatic carbocycles. The number of piperidine rings is 1. The number of rotatable bonds is 6. The Balaban J connectivity index is 1.61. The van der Waals surface area contributed by atoms with E-state index in [2.05, 4.69) is 15.4 Å². The standard InChI is InChI=1S/C19H19Cl2N3O4S/c20-15-8-7-14(11-16(15)21)29(27,28)24-13-5-3-12(4-6-13)10-18(25)23-17-2-1-9-22-19(17)26/h3-8,11,17,24H,1-2,9-10H2,(H,22,26)(H,23,25). The van der Waals surface area contributed by atoms with Crippen LogP contribution in [0.15, 0.2) is 47.4 Å². The van der Waals surface area contributed by atoms with Gasteiger partial charge >= 0.3 is 0 Å². The number of nitrogens with one attached hydrogen (secondary N) is 3. The molecule has 1 saturated heterocycles. The van der Waals surface area contributed by atoms with Gasteiger partial charge in [-0.3, -0.25) is 14.3 Å². The predicted molar refractivity (Wildman–Crippen MR) is 112 cm³/mol. The van der Waals surface area contributed by atoms with E-state index in [0.717, 1.165) is 6.42 Å². The van der Waals surface area contributed by atoms with Gasteiger partial charge in [0.05, 0.1) is 21.4 Å². The fourth-order valence-corrected chi connectivity index (χ4v) is 4.34. The lowest BCUT2D eigenvalue weighted by Gasteiger charge is -2.22. The van der Waals surface area contributed by atoms with Crippen LogP contribution in [0.2, 0.25) is 10.0 Å². The number of halogens is 2. The molecule has 1 fully saturated rings. The Hall–Kier alpha value is -2.29. The lowest BCUT2D eigenvalue weighted by molar-refractivity contribution is -0.129. The molecule has 29 heavy (non-hydrogen) atoms. The molecule has 3 rings (SSSR count). The Labute approximate surface area is 178 Å². The molecule has 0 spiro atoms. The van der Waals surface area contributed by atoms with Crippen LogP contribution in [-0.2, 0) is 26.0 Å². The number of amides is 2. The fourth-order valence-electron chi connectivity index (χ4n) is 2.89. The summed E-state index contributed by atoms with van der Waals surface area (Å²) >= 11 is 11.7. The lowest BCUT2D eigenvalue weighted by Crippen LogP contribution is -2.50. The van der Waals surface area contributed by atoms with Gasteiger partial charge in [0.2, 0.25) is 11.8 Å². The second-order valence-corrected chi connectivity index (χ2v) is 9.11. The number of carbonyl (C=O) groups is 2. The summed E-state index contributed by atoms with van der Waals surface area (Å²) in [6.07, 6.45) is 1.53. The third-order valence-corrected chi connectivity index (χ3v) is 6.51. The highest BCUT2D eigenvalue weighted by molar-refractivity contribution is 7.92. The van der Waals surface area contributed by atoms with Crippen molar-refractivity contribution in [3.8, 4) is 0 Å². The number of anilines is 1. The molecule has 0 radical (unpaired) electrons. The number of hydrogen-bond donors (Lipinski definition) is 3. The van der Waals surface area contributed by atoms with Gasteiger partial charge in [0.25, 0.3) is 10.0 Å². The van der Waals surface area contributed by atoms with Crippen molar-refractivity contribution in [3.05, 3.63) is 58.1 Å². The van der Waals surface area contributed by atoms with E-state index in [4.69, 9.17) is 23.2 Å². The van der Waals surface area contributed by atoms with Crippen LogP contribution in [0.1, 0.15) is 18.4 Å². The molecule has 3 N–H and O–H groups in total. The number of sulfonamides is 1. The van der Waals surface area contributed by atoms with Gasteiger partial charge in [0.1, 0.15) is 6.04 Å². The SMILES string of the molecule is O=C(Cc1ccc(NS(=O)(=O)c2ccc(Cl)c(Cl)c2)cc1)NC1CCCNC1=O. The molecule has 0 aromatic heterocycles. The van der Waals surface area contributed by atoms with Crippen molar-refractivity contribution in [2.24, 2.45) is 0 Å². The normalized spacial score (nSPS) is 16.8. The summed E-state index contributed by atoms with van der Waals surface area (Å²) in [6.45, 7) is 0.630. The van der Waals surface area contributed by atoms with E-state index in [0.29, 0.717) is 24.2 Å². The first-order chi connectivity index (χ1) is 13.7. The molecular formula is C19H19Cl2N3O4S. The molecule has 1 atom stereocenters. The molecule has 0 bridgehead atoms. The van der Waals surface area contributed by atoms with Crippen molar-refractivity contribution >= 4 is 50.7 Å². The number of benzene rings is 2. The number of carbonyl (C=O) groups excluding carboxylic acids is 2. The van der Waals surface area contributed by atoms with Crippen LogP contribution in [0, 0.1) is 0 Å². The summed E-state index contributed by atoms with van der Waals surface area (Å²) in [4.78, 5) is 23.9. The van der Waals surface area contributed by atoms with Crippen LogP contribution in [-0.4, -0.2) is 32.8 Å². The van der Waals surface area contributed by atoms with Gasteiger partial charge in [0, 0.05) is 12.2 Å². The Morgan fingerprint density at radius 3 is 2.48 bits per heavy atom. The lowest BCUT2D eigenvalue weighted by atomic mass is 10.1.